The molecule has 0 bridgehead atoms. The van der Waals surface area contributed by atoms with Gasteiger partial charge in [-0.05, 0) is 5.41 Å². The second kappa shape index (κ2) is 6.69. The minimum absolute atomic E-state index is 0.201. The maximum absolute atomic E-state index is 5.85. The Morgan fingerprint density at radius 3 is 2.60 bits per heavy atom. The monoisotopic (exact) mass is 234 g/mol. The van der Waals surface area contributed by atoms with Crippen molar-refractivity contribution in [2.75, 3.05) is 51.8 Å². The molecule has 1 heterocycles. The van der Waals surface area contributed by atoms with E-state index >= 15 is 0 Å². The van der Waals surface area contributed by atoms with Crippen molar-refractivity contribution in [3.05, 3.63) is 0 Å². The fourth-order valence-electron chi connectivity index (χ4n) is 1.54. The molecule has 0 amide bonds. The first kappa shape index (κ1) is 13.2. The third kappa shape index (κ3) is 5.71. The molecule has 0 radical (unpaired) electrons. The van der Waals surface area contributed by atoms with E-state index in [1.165, 1.54) is 0 Å². The van der Waals surface area contributed by atoms with Crippen LogP contribution in [0.4, 0.5) is 0 Å². The molecule has 0 unspecified atom stereocenters. The SMILES string of the molecule is CC(C)(CCl)CNCCN1CCOCC1. The molecule has 0 spiro atoms. The Hall–Kier alpha value is 0.170. The lowest BCUT2D eigenvalue weighted by atomic mass is 9.97. The molecule has 1 N–H and O–H groups in total. The van der Waals surface area contributed by atoms with Gasteiger partial charge in [0.1, 0.15) is 0 Å². The first-order chi connectivity index (χ1) is 7.14. The van der Waals surface area contributed by atoms with Gasteiger partial charge in [0.2, 0.25) is 0 Å². The van der Waals surface area contributed by atoms with Gasteiger partial charge in [0.25, 0.3) is 0 Å². The van der Waals surface area contributed by atoms with Gasteiger partial charge in [0, 0.05) is 38.6 Å². The Morgan fingerprint density at radius 2 is 2.00 bits per heavy atom. The van der Waals surface area contributed by atoms with Crippen LogP contribution in [0, 0.1) is 5.41 Å². The zero-order valence-electron chi connectivity index (χ0n) is 9.89. The van der Waals surface area contributed by atoms with Crippen molar-refractivity contribution >= 4 is 11.6 Å². The lowest BCUT2D eigenvalue weighted by molar-refractivity contribution is 0.0382. The maximum Gasteiger partial charge on any atom is 0.0594 e. The topological polar surface area (TPSA) is 24.5 Å². The summed E-state index contributed by atoms with van der Waals surface area (Å²) in [6, 6.07) is 0. The van der Waals surface area contributed by atoms with E-state index in [0.717, 1.165) is 45.9 Å². The fraction of sp³-hybridized carbons (Fsp3) is 1.00. The summed E-state index contributed by atoms with van der Waals surface area (Å²) in [6.07, 6.45) is 0. The highest BCUT2D eigenvalue weighted by Crippen LogP contribution is 2.14. The Balaban J connectivity index is 2.00. The van der Waals surface area contributed by atoms with Gasteiger partial charge in [0.15, 0.2) is 0 Å². The van der Waals surface area contributed by atoms with Gasteiger partial charge in [-0.3, -0.25) is 4.90 Å². The Morgan fingerprint density at radius 1 is 1.33 bits per heavy atom. The zero-order chi connectivity index (χ0) is 11.1. The zero-order valence-corrected chi connectivity index (χ0v) is 10.6. The smallest absolute Gasteiger partial charge is 0.0594 e. The normalized spacial score (nSPS) is 19.4. The molecule has 90 valence electrons. The second-order valence-electron chi connectivity index (χ2n) is 4.93. The molecular weight excluding hydrogens is 212 g/mol. The second-order valence-corrected chi connectivity index (χ2v) is 5.20. The number of nitrogens with zero attached hydrogens (tertiary/aromatic N) is 1. The minimum atomic E-state index is 0.201. The predicted octanol–water partition coefficient (Wildman–Crippen LogP) is 1.17. The molecule has 0 aromatic heterocycles. The number of alkyl halides is 1. The molecule has 0 atom stereocenters. The van der Waals surface area contributed by atoms with Crippen LogP contribution in [-0.2, 0) is 4.74 Å². The van der Waals surface area contributed by atoms with Crippen molar-refractivity contribution in [1.29, 1.82) is 0 Å². The molecule has 3 nitrogen and oxygen atoms in total. The van der Waals surface area contributed by atoms with Crippen molar-refractivity contribution in [2.45, 2.75) is 13.8 Å². The summed E-state index contributed by atoms with van der Waals surface area (Å²) in [6.45, 7) is 11.4. The summed E-state index contributed by atoms with van der Waals surface area (Å²) in [5.74, 6) is 0.706. The molecule has 0 aromatic carbocycles. The molecule has 1 aliphatic rings. The minimum Gasteiger partial charge on any atom is -0.379 e. The Kier molecular flexibility index (Phi) is 5.90. The van der Waals surface area contributed by atoms with E-state index in [-0.39, 0.29) is 5.41 Å². The molecule has 0 aliphatic carbocycles. The summed E-state index contributed by atoms with van der Waals surface area (Å²) >= 11 is 5.85. The lowest BCUT2D eigenvalue weighted by Gasteiger charge is -2.27. The standard InChI is InChI=1S/C11H23ClN2O/c1-11(2,9-12)10-13-3-4-14-5-7-15-8-6-14/h13H,3-10H2,1-2H3. The quantitative estimate of drug-likeness (QED) is 0.552. The summed E-state index contributed by atoms with van der Waals surface area (Å²) in [4.78, 5) is 2.43. The van der Waals surface area contributed by atoms with Gasteiger partial charge in [-0.1, -0.05) is 13.8 Å². The van der Waals surface area contributed by atoms with Crippen molar-refractivity contribution in [3.63, 3.8) is 0 Å². The maximum atomic E-state index is 5.85. The van der Waals surface area contributed by atoms with Crippen molar-refractivity contribution in [3.8, 4) is 0 Å². The molecule has 1 saturated heterocycles. The molecular formula is C11H23ClN2O. The van der Waals surface area contributed by atoms with Gasteiger partial charge < -0.3 is 10.1 Å². The van der Waals surface area contributed by atoms with Gasteiger partial charge in [-0.15, -0.1) is 11.6 Å². The summed E-state index contributed by atoms with van der Waals surface area (Å²) in [5.41, 5.74) is 0.201. The van der Waals surface area contributed by atoms with Crippen LogP contribution in [0.5, 0.6) is 0 Å². The summed E-state index contributed by atoms with van der Waals surface area (Å²) < 4.78 is 5.30. The van der Waals surface area contributed by atoms with E-state index in [1.807, 2.05) is 0 Å². The van der Waals surface area contributed by atoms with Crippen LogP contribution >= 0.6 is 11.6 Å². The summed E-state index contributed by atoms with van der Waals surface area (Å²) in [7, 11) is 0. The number of morpholine rings is 1. The Bertz CT molecular complexity index is 170. The van der Waals surface area contributed by atoms with Crippen molar-refractivity contribution in [1.82, 2.24) is 10.2 Å². The van der Waals surface area contributed by atoms with Gasteiger partial charge in [-0.25, -0.2) is 0 Å². The molecule has 1 rings (SSSR count). The van der Waals surface area contributed by atoms with E-state index in [4.69, 9.17) is 16.3 Å². The van der Waals surface area contributed by atoms with Crippen LogP contribution in [0.1, 0.15) is 13.8 Å². The van der Waals surface area contributed by atoms with E-state index in [2.05, 4.69) is 24.1 Å². The molecule has 1 fully saturated rings. The predicted molar refractivity (Wildman–Crippen MR) is 64.6 cm³/mol. The Labute approximate surface area is 98.1 Å². The van der Waals surface area contributed by atoms with E-state index in [1.54, 1.807) is 0 Å². The first-order valence-corrected chi connectivity index (χ1v) is 6.24. The third-order valence-corrected chi connectivity index (χ3v) is 3.40. The van der Waals surface area contributed by atoms with Crippen molar-refractivity contribution < 1.29 is 4.74 Å². The fourth-order valence-corrected chi connectivity index (χ4v) is 1.63. The molecule has 1 aliphatic heterocycles. The number of rotatable bonds is 6. The van der Waals surface area contributed by atoms with E-state index in [0.29, 0.717) is 5.88 Å². The average molecular weight is 235 g/mol. The molecule has 0 aromatic rings. The first-order valence-electron chi connectivity index (χ1n) is 5.71. The lowest BCUT2D eigenvalue weighted by Crippen LogP contribution is -2.41. The third-order valence-electron chi connectivity index (χ3n) is 2.67. The van der Waals surface area contributed by atoms with Crippen LogP contribution in [0.3, 0.4) is 0 Å². The molecule has 0 saturated carbocycles. The summed E-state index contributed by atoms with van der Waals surface area (Å²) in [5, 5.41) is 3.46. The number of hydrogen-bond donors (Lipinski definition) is 1. The number of hydrogen-bond acceptors (Lipinski definition) is 3. The van der Waals surface area contributed by atoms with Crippen LogP contribution in [0.25, 0.3) is 0 Å². The number of halogens is 1. The van der Waals surface area contributed by atoms with Crippen LogP contribution in [0.2, 0.25) is 0 Å². The van der Waals surface area contributed by atoms with Crippen molar-refractivity contribution in [2.24, 2.45) is 5.41 Å². The van der Waals surface area contributed by atoms with Crippen LogP contribution in [-0.4, -0.2) is 56.7 Å². The highest BCUT2D eigenvalue weighted by molar-refractivity contribution is 6.18. The van der Waals surface area contributed by atoms with Crippen LogP contribution < -0.4 is 5.32 Å². The highest BCUT2D eigenvalue weighted by Gasteiger charge is 2.15. The molecule has 15 heavy (non-hydrogen) atoms. The largest absolute Gasteiger partial charge is 0.379 e. The highest BCUT2D eigenvalue weighted by atomic mass is 35.5. The number of ether oxygens (including phenoxy) is 1. The van der Waals surface area contributed by atoms with Gasteiger partial charge >= 0.3 is 0 Å². The molecule has 4 heteroatoms. The van der Waals surface area contributed by atoms with Gasteiger partial charge in [-0.2, -0.15) is 0 Å². The van der Waals surface area contributed by atoms with E-state index < -0.39 is 0 Å². The number of nitrogens with one attached hydrogen (secondary N) is 1. The van der Waals surface area contributed by atoms with E-state index in [9.17, 15) is 0 Å². The van der Waals surface area contributed by atoms with Crippen LogP contribution in [0.15, 0.2) is 0 Å². The average Bonchev–Trinajstić information content (AvgIpc) is 2.26. The van der Waals surface area contributed by atoms with Gasteiger partial charge in [0.05, 0.1) is 13.2 Å².